The number of hydrogen-bond acceptors (Lipinski definition) is 4. The van der Waals surface area contributed by atoms with Crippen LogP contribution in [0.15, 0.2) is 48.7 Å². The minimum Gasteiger partial charge on any atom is -0.493 e. The molecule has 2 rings (SSSR count). The lowest BCUT2D eigenvalue weighted by molar-refractivity contribution is -0.137. The number of pyridine rings is 1. The molecule has 0 fully saturated rings. The number of carbonyl (C=O) groups excluding carboxylic acids is 1. The van der Waals surface area contributed by atoms with Crippen molar-refractivity contribution >= 4 is 17.8 Å². The van der Waals surface area contributed by atoms with Crippen LogP contribution in [0.2, 0.25) is 0 Å². The number of anilines is 1. The number of nitrogens with zero attached hydrogens (tertiary/aromatic N) is 1. The fourth-order valence-corrected chi connectivity index (χ4v) is 2.27. The molecule has 0 saturated carbocycles. The van der Waals surface area contributed by atoms with Crippen LogP contribution < -0.4 is 15.4 Å². The third kappa shape index (κ3) is 6.32. The van der Waals surface area contributed by atoms with Crippen LogP contribution in [0.3, 0.4) is 0 Å². The Bertz CT molecular complexity index is 792. The number of para-hydroxylation sites is 1. The minimum atomic E-state index is -4.49. The van der Waals surface area contributed by atoms with E-state index < -0.39 is 11.7 Å². The van der Waals surface area contributed by atoms with Crippen LogP contribution in [-0.4, -0.2) is 30.6 Å². The molecule has 1 heterocycles. The largest absolute Gasteiger partial charge is 0.493 e. The van der Waals surface area contributed by atoms with Gasteiger partial charge in [-0.3, -0.25) is 4.79 Å². The molecule has 2 aromatic rings. The van der Waals surface area contributed by atoms with Gasteiger partial charge in [-0.25, -0.2) is 4.98 Å². The van der Waals surface area contributed by atoms with E-state index in [1.807, 2.05) is 25.1 Å². The van der Waals surface area contributed by atoms with E-state index in [0.29, 0.717) is 12.4 Å². The van der Waals surface area contributed by atoms with E-state index in [0.717, 1.165) is 11.6 Å². The number of benzene rings is 1. The first-order chi connectivity index (χ1) is 12.9. The number of rotatable bonds is 8. The van der Waals surface area contributed by atoms with Crippen LogP contribution in [0.5, 0.6) is 5.75 Å². The average Bonchev–Trinajstić information content (AvgIpc) is 2.64. The third-order valence-corrected chi connectivity index (χ3v) is 3.46. The first-order valence-corrected chi connectivity index (χ1v) is 8.35. The fraction of sp³-hybridized carbons (Fsp3) is 0.263. The quantitative estimate of drug-likeness (QED) is 0.542. The monoisotopic (exact) mass is 379 g/mol. The Balaban J connectivity index is 1.84. The molecule has 1 aromatic carbocycles. The maximum Gasteiger partial charge on any atom is 0.419 e. The van der Waals surface area contributed by atoms with E-state index in [2.05, 4.69) is 15.6 Å². The highest BCUT2D eigenvalue weighted by molar-refractivity contribution is 5.92. The van der Waals surface area contributed by atoms with Gasteiger partial charge < -0.3 is 15.4 Å². The molecule has 0 radical (unpaired) electrons. The van der Waals surface area contributed by atoms with Crippen molar-refractivity contribution in [2.75, 3.05) is 25.0 Å². The van der Waals surface area contributed by atoms with Crippen molar-refractivity contribution in [2.45, 2.75) is 13.1 Å². The van der Waals surface area contributed by atoms with Gasteiger partial charge >= 0.3 is 6.18 Å². The molecule has 0 unspecified atom stereocenters. The van der Waals surface area contributed by atoms with E-state index in [4.69, 9.17) is 4.74 Å². The minimum absolute atomic E-state index is 0.106. The summed E-state index contributed by atoms with van der Waals surface area (Å²) in [6.07, 6.45) is -0.251. The van der Waals surface area contributed by atoms with Crippen LogP contribution in [-0.2, 0) is 11.0 Å². The van der Waals surface area contributed by atoms with Crippen molar-refractivity contribution in [3.8, 4) is 5.75 Å². The lowest BCUT2D eigenvalue weighted by atomic mass is 10.2. The van der Waals surface area contributed by atoms with Gasteiger partial charge in [0.1, 0.15) is 11.6 Å². The van der Waals surface area contributed by atoms with E-state index in [9.17, 15) is 18.0 Å². The number of carbonyl (C=O) groups is 1. The van der Waals surface area contributed by atoms with Crippen molar-refractivity contribution in [3.05, 3.63) is 59.8 Å². The second-order valence-electron chi connectivity index (χ2n) is 5.42. The van der Waals surface area contributed by atoms with Crippen molar-refractivity contribution < 1.29 is 22.7 Å². The van der Waals surface area contributed by atoms with Crippen LogP contribution in [0.4, 0.5) is 19.0 Å². The van der Waals surface area contributed by atoms with Gasteiger partial charge in [-0.05, 0) is 31.2 Å². The van der Waals surface area contributed by atoms with Gasteiger partial charge in [-0.2, -0.15) is 13.2 Å². The van der Waals surface area contributed by atoms with Crippen molar-refractivity contribution in [3.63, 3.8) is 0 Å². The predicted octanol–water partition coefficient (Wildman–Crippen LogP) is 3.74. The Morgan fingerprint density at radius 2 is 1.96 bits per heavy atom. The number of ether oxygens (including phenoxy) is 1. The molecule has 0 spiro atoms. The maximum absolute atomic E-state index is 12.9. The van der Waals surface area contributed by atoms with E-state index in [1.54, 1.807) is 12.1 Å². The van der Waals surface area contributed by atoms with E-state index in [1.165, 1.54) is 18.3 Å². The maximum atomic E-state index is 12.9. The molecule has 5 nitrogen and oxygen atoms in total. The normalized spacial score (nSPS) is 11.4. The standard InChI is InChI=1S/C19H20F3N3O2/c1-2-27-16-8-4-3-6-14(16)9-10-17(26)23-12-13-25-18-15(19(20,21)22)7-5-11-24-18/h3-11H,2,12-13H2,1H3,(H,23,26)(H,24,25)/b10-9+. The van der Waals surface area contributed by atoms with Gasteiger partial charge in [-0.1, -0.05) is 18.2 Å². The van der Waals surface area contributed by atoms with Gasteiger partial charge in [0.15, 0.2) is 0 Å². The summed E-state index contributed by atoms with van der Waals surface area (Å²) in [5, 5.41) is 5.18. The smallest absolute Gasteiger partial charge is 0.419 e. The first-order valence-electron chi connectivity index (χ1n) is 8.35. The van der Waals surface area contributed by atoms with Crippen molar-refractivity contribution in [1.29, 1.82) is 0 Å². The summed E-state index contributed by atoms with van der Waals surface area (Å²) < 4.78 is 44.1. The molecular formula is C19H20F3N3O2. The average molecular weight is 379 g/mol. The highest BCUT2D eigenvalue weighted by Gasteiger charge is 2.33. The predicted molar refractivity (Wildman–Crippen MR) is 97.4 cm³/mol. The van der Waals surface area contributed by atoms with Gasteiger partial charge in [0.25, 0.3) is 0 Å². The third-order valence-electron chi connectivity index (χ3n) is 3.46. The molecule has 0 aliphatic carbocycles. The van der Waals surface area contributed by atoms with Gasteiger partial charge in [-0.15, -0.1) is 0 Å². The molecule has 0 bridgehead atoms. The summed E-state index contributed by atoms with van der Waals surface area (Å²) in [7, 11) is 0. The summed E-state index contributed by atoms with van der Waals surface area (Å²) in [5.41, 5.74) is -0.0836. The Morgan fingerprint density at radius 1 is 1.19 bits per heavy atom. The van der Waals surface area contributed by atoms with Crippen LogP contribution in [0.1, 0.15) is 18.1 Å². The van der Waals surface area contributed by atoms with Crippen LogP contribution in [0.25, 0.3) is 6.08 Å². The molecule has 1 amide bonds. The number of alkyl halides is 3. The molecule has 2 N–H and O–H groups in total. The highest BCUT2D eigenvalue weighted by Crippen LogP contribution is 2.33. The molecule has 0 atom stereocenters. The molecule has 0 aliphatic rings. The Kier molecular flexibility index (Phi) is 7.22. The summed E-state index contributed by atoms with van der Waals surface area (Å²) in [6.45, 7) is 2.63. The molecule has 8 heteroatoms. The zero-order valence-electron chi connectivity index (χ0n) is 14.7. The first kappa shape index (κ1) is 20.3. The molecule has 27 heavy (non-hydrogen) atoms. The van der Waals surface area contributed by atoms with Gasteiger partial charge in [0, 0.05) is 30.9 Å². The Morgan fingerprint density at radius 3 is 2.70 bits per heavy atom. The summed E-state index contributed by atoms with van der Waals surface area (Å²) in [6, 6.07) is 9.45. The SMILES string of the molecule is CCOc1ccccc1/C=C/C(=O)NCCNc1ncccc1C(F)(F)F. The second-order valence-corrected chi connectivity index (χ2v) is 5.42. The zero-order chi connectivity index (χ0) is 19.7. The van der Waals surface area contributed by atoms with Crippen LogP contribution >= 0.6 is 0 Å². The topological polar surface area (TPSA) is 63.2 Å². The summed E-state index contributed by atoms with van der Waals surface area (Å²) in [5.74, 6) is 0.0427. The summed E-state index contributed by atoms with van der Waals surface area (Å²) in [4.78, 5) is 15.6. The number of nitrogens with one attached hydrogen (secondary N) is 2. The zero-order valence-corrected chi connectivity index (χ0v) is 14.7. The molecule has 1 aromatic heterocycles. The van der Waals surface area contributed by atoms with E-state index in [-0.39, 0.29) is 24.8 Å². The number of aromatic nitrogens is 1. The fourth-order valence-electron chi connectivity index (χ4n) is 2.27. The number of hydrogen-bond donors (Lipinski definition) is 2. The Labute approximate surface area is 155 Å². The highest BCUT2D eigenvalue weighted by atomic mass is 19.4. The molecule has 0 saturated heterocycles. The Hall–Kier alpha value is -3.03. The lowest BCUT2D eigenvalue weighted by Gasteiger charge is -2.13. The molecular weight excluding hydrogens is 359 g/mol. The molecule has 0 aliphatic heterocycles. The van der Waals surface area contributed by atoms with Crippen molar-refractivity contribution in [2.24, 2.45) is 0 Å². The van der Waals surface area contributed by atoms with Gasteiger partial charge in [0.2, 0.25) is 5.91 Å². The van der Waals surface area contributed by atoms with Crippen LogP contribution in [0, 0.1) is 0 Å². The summed E-state index contributed by atoms with van der Waals surface area (Å²) >= 11 is 0. The number of halogens is 3. The molecule has 144 valence electrons. The second kappa shape index (κ2) is 9.61. The van der Waals surface area contributed by atoms with Gasteiger partial charge in [0.05, 0.1) is 12.2 Å². The van der Waals surface area contributed by atoms with E-state index >= 15 is 0 Å². The lowest BCUT2D eigenvalue weighted by Crippen LogP contribution is -2.27. The number of amides is 1. The van der Waals surface area contributed by atoms with Crippen molar-refractivity contribution in [1.82, 2.24) is 10.3 Å².